The second-order valence-electron chi connectivity index (χ2n) is 9.38. The van der Waals surface area contributed by atoms with Crippen LogP contribution in [0.3, 0.4) is 0 Å². The van der Waals surface area contributed by atoms with Crippen LogP contribution in [0.1, 0.15) is 41.4 Å². The highest BCUT2D eigenvalue weighted by Crippen LogP contribution is 2.35. The average molecular weight is 563 g/mol. The minimum atomic E-state index is -4.53. The molecule has 0 aliphatic carbocycles. The molecule has 3 amide bonds. The molecule has 2 aliphatic rings. The molecular weight excluding hydrogens is 532 g/mol. The van der Waals surface area contributed by atoms with Crippen molar-refractivity contribution in [1.29, 1.82) is 0 Å². The van der Waals surface area contributed by atoms with Crippen molar-refractivity contribution in [1.82, 2.24) is 20.0 Å². The third-order valence-electron chi connectivity index (χ3n) is 6.96. The van der Waals surface area contributed by atoms with Crippen molar-refractivity contribution in [3.8, 4) is 0 Å². The summed E-state index contributed by atoms with van der Waals surface area (Å²) in [7, 11) is 0. The number of benzene rings is 2. The average Bonchev–Trinajstić information content (AvgIpc) is 2.93. The highest BCUT2D eigenvalue weighted by atomic mass is 19.4. The van der Waals surface area contributed by atoms with E-state index in [0.29, 0.717) is 37.4 Å². The number of piperazine rings is 1. The van der Waals surface area contributed by atoms with E-state index in [2.05, 4.69) is 5.32 Å². The first-order chi connectivity index (χ1) is 19.0. The van der Waals surface area contributed by atoms with Gasteiger partial charge >= 0.3 is 18.2 Å². The third kappa shape index (κ3) is 6.11. The fourth-order valence-electron chi connectivity index (χ4n) is 4.90. The van der Waals surface area contributed by atoms with E-state index in [1.54, 1.807) is 24.8 Å². The number of hydrogen-bond acceptors (Lipinski definition) is 5. The van der Waals surface area contributed by atoms with Gasteiger partial charge in [-0.25, -0.2) is 14.0 Å². The van der Waals surface area contributed by atoms with Crippen LogP contribution < -0.4 is 5.32 Å². The number of urea groups is 1. The van der Waals surface area contributed by atoms with Gasteiger partial charge in [0, 0.05) is 45.0 Å². The van der Waals surface area contributed by atoms with Crippen LogP contribution in [0, 0.1) is 5.82 Å². The van der Waals surface area contributed by atoms with Gasteiger partial charge in [-0.1, -0.05) is 24.3 Å². The molecule has 214 valence electrons. The number of esters is 1. The van der Waals surface area contributed by atoms with Crippen molar-refractivity contribution < 1.29 is 36.7 Å². The molecule has 4 rings (SSSR count). The summed E-state index contributed by atoms with van der Waals surface area (Å²) < 4.78 is 58.8. The maximum absolute atomic E-state index is 14.1. The van der Waals surface area contributed by atoms with E-state index in [4.69, 9.17) is 4.74 Å². The maximum Gasteiger partial charge on any atom is 0.416 e. The maximum atomic E-state index is 14.1. The van der Waals surface area contributed by atoms with Gasteiger partial charge in [-0.15, -0.1) is 0 Å². The van der Waals surface area contributed by atoms with Crippen molar-refractivity contribution in [3.05, 3.63) is 82.3 Å². The van der Waals surface area contributed by atoms with Gasteiger partial charge in [0.1, 0.15) is 5.82 Å². The van der Waals surface area contributed by atoms with Crippen molar-refractivity contribution in [2.75, 3.05) is 45.9 Å². The molecule has 2 aromatic carbocycles. The lowest BCUT2D eigenvalue weighted by Crippen LogP contribution is -2.53. The molecule has 0 bridgehead atoms. The van der Waals surface area contributed by atoms with Gasteiger partial charge in [0.15, 0.2) is 0 Å². The fraction of sp³-hybridized carbons (Fsp3) is 0.393. The number of nitrogens with one attached hydrogen (secondary N) is 1. The Bertz CT molecular complexity index is 1290. The van der Waals surface area contributed by atoms with Gasteiger partial charge in [0.2, 0.25) is 0 Å². The van der Waals surface area contributed by atoms with Crippen molar-refractivity contribution >= 4 is 17.9 Å². The molecule has 2 aliphatic heterocycles. The molecule has 0 spiro atoms. The van der Waals surface area contributed by atoms with E-state index in [1.807, 2.05) is 4.90 Å². The van der Waals surface area contributed by atoms with Crippen molar-refractivity contribution in [3.63, 3.8) is 0 Å². The van der Waals surface area contributed by atoms with Gasteiger partial charge in [0.25, 0.3) is 5.91 Å². The quantitative estimate of drug-likeness (QED) is 0.404. The number of carbonyl (C=O) groups excluding carboxylic acids is 3. The van der Waals surface area contributed by atoms with Crippen LogP contribution >= 0.6 is 0 Å². The highest BCUT2D eigenvalue weighted by molar-refractivity contribution is 5.95. The molecular formula is C28H30F4N4O4. The third-order valence-corrected chi connectivity index (χ3v) is 6.96. The predicted octanol–water partition coefficient (Wildman–Crippen LogP) is 4.21. The first-order valence-electron chi connectivity index (χ1n) is 13.0. The second kappa shape index (κ2) is 12.1. The summed E-state index contributed by atoms with van der Waals surface area (Å²) in [6.45, 7) is 5.22. The largest absolute Gasteiger partial charge is 0.463 e. The minimum absolute atomic E-state index is 0.0104. The smallest absolute Gasteiger partial charge is 0.416 e. The first kappa shape index (κ1) is 29.1. The topological polar surface area (TPSA) is 82.2 Å². The van der Waals surface area contributed by atoms with E-state index in [-0.39, 0.29) is 30.8 Å². The normalized spacial score (nSPS) is 18.6. The lowest BCUT2D eigenvalue weighted by Gasteiger charge is -2.40. The molecule has 40 heavy (non-hydrogen) atoms. The number of nitrogens with zero attached hydrogens (tertiary/aromatic N) is 3. The fourth-order valence-corrected chi connectivity index (χ4v) is 4.90. The number of halogens is 4. The zero-order valence-electron chi connectivity index (χ0n) is 22.1. The van der Waals surface area contributed by atoms with Gasteiger partial charge in [-0.2, -0.15) is 13.2 Å². The van der Waals surface area contributed by atoms with Gasteiger partial charge in [0.05, 0.1) is 29.3 Å². The minimum Gasteiger partial charge on any atom is -0.463 e. The number of rotatable bonds is 7. The van der Waals surface area contributed by atoms with Crippen LogP contribution in [0.5, 0.6) is 0 Å². The number of carbonyl (C=O) groups is 3. The monoisotopic (exact) mass is 562 g/mol. The van der Waals surface area contributed by atoms with Crippen LogP contribution in [0.15, 0.2) is 59.8 Å². The molecule has 1 saturated heterocycles. The van der Waals surface area contributed by atoms with Crippen LogP contribution in [0.25, 0.3) is 0 Å². The Morgan fingerprint density at radius 1 is 1.00 bits per heavy atom. The zero-order valence-corrected chi connectivity index (χ0v) is 22.1. The van der Waals surface area contributed by atoms with Gasteiger partial charge in [-0.3, -0.25) is 14.6 Å². The number of hydrogen-bond donors (Lipinski definition) is 1. The number of amides is 3. The second-order valence-corrected chi connectivity index (χ2v) is 9.38. The molecule has 2 aromatic rings. The number of alkyl halides is 3. The molecule has 0 unspecified atom stereocenters. The molecule has 2 heterocycles. The Morgan fingerprint density at radius 3 is 2.23 bits per heavy atom. The predicted molar refractivity (Wildman–Crippen MR) is 137 cm³/mol. The summed E-state index contributed by atoms with van der Waals surface area (Å²) in [6.07, 6.45) is -4.53. The lowest BCUT2D eigenvalue weighted by molar-refractivity contribution is -0.139. The Hall–Kier alpha value is -3.93. The SMILES string of the molecule is CCOC(=O)C1=C(CN2CCN(C(=O)c3ccccc3F)CC2)N(CC)C(=O)N[C@@H]1c1ccc(C(F)(F)F)cc1. The summed E-state index contributed by atoms with van der Waals surface area (Å²) >= 11 is 0. The Labute approximate surface area is 229 Å². The Morgan fingerprint density at radius 2 is 1.65 bits per heavy atom. The van der Waals surface area contributed by atoms with Gasteiger partial charge in [-0.05, 0) is 43.7 Å². The standard InChI is InChI=1S/C28H30F4N4O4/c1-3-36-22(17-34-13-15-35(16-14-34)25(37)20-7-5-6-8-21(20)29)23(26(38)40-4-2)24(33-27(36)39)18-9-11-19(12-10-18)28(30,31)32/h5-12,24H,3-4,13-17H2,1-2H3,(H,33,39)/t24-/m1/s1. The highest BCUT2D eigenvalue weighted by Gasteiger charge is 2.39. The molecule has 0 aromatic heterocycles. The van der Waals surface area contributed by atoms with Crippen LogP contribution in [0.2, 0.25) is 0 Å². The van der Waals surface area contributed by atoms with E-state index in [9.17, 15) is 31.9 Å². The molecule has 0 radical (unpaired) electrons. The molecule has 0 saturated carbocycles. The number of ether oxygens (including phenoxy) is 1. The zero-order chi connectivity index (χ0) is 29.0. The molecule has 12 heteroatoms. The molecule has 1 fully saturated rings. The Balaban J connectivity index is 1.61. The van der Waals surface area contributed by atoms with Crippen LogP contribution in [0.4, 0.5) is 22.4 Å². The van der Waals surface area contributed by atoms with Crippen LogP contribution in [-0.2, 0) is 15.7 Å². The van der Waals surface area contributed by atoms with E-state index in [1.165, 1.54) is 35.2 Å². The summed E-state index contributed by atoms with van der Waals surface area (Å²) in [6, 6.07) is 8.53. The molecule has 1 atom stereocenters. The van der Waals surface area contributed by atoms with Crippen molar-refractivity contribution in [2.45, 2.75) is 26.1 Å². The molecule has 1 N–H and O–H groups in total. The number of likely N-dealkylation sites (N-methyl/N-ethyl adjacent to an activating group) is 1. The first-order valence-corrected chi connectivity index (χ1v) is 13.0. The summed E-state index contributed by atoms with van der Waals surface area (Å²) in [5, 5.41) is 2.73. The van der Waals surface area contributed by atoms with Crippen LogP contribution in [-0.4, -0.2) is 78.5 Å². The van der Waals surface area contributed by atoms with Gasteiger partial charge < -0.3 is 15.0 Å². The summed E-state index contributed by atoms with van der Waals surface area (Å²) in [4.78, 5) is 44.0. The summed E-state index contributed by atoms with van der Waals surface area (Å²) in [5.74, 6) is -1.70. The lowest BCUT2D eigenvalue weighted by atomic mass is 9.93. The molecule has 8 nitrogen and oxygen atoms in total. The summed E-state index contributed by atoms with van der Waals surface area (Å²) in [5.41, 5.74) is -0.0450. The van der Waals surface area contributed by atoms with Crippen molar-refractivity contribution in [2.24, 2.45) is 0 Å². The van der Waals surface area contributed by atoms with E-state index >= 15 is 0 Å². The van der Waals surface area contributed by atoms with E-state index < -0.39 is 41.5 Å². The Kier molecular flexibility index (Phi) is 8.77. The van der Waals surface area contributed by atoms with E-state index in [0.717, 1.165) is 12.1 Å².